The van der Waals surface area contributed by atoms with Crippen molar-refractivity contribution in [3.63, 3.8) is 0 Å². The number of pyridine rings is 1. The van der Waals surface area contributed by atoms with Crippen molar-refractivity contribution in [2.45, 2.75) is 31.2 Å². The Morgan fingerprint density at radius 3 is 3.00 bits per heavy atom. The first-order chi connectivity index (χ1) is 12.1. The molecule has 4 rings (SSSR count). The second-order valence-corrected chi connectivity index (χ2v) is 6.81. The summed E-state index contributed by atoms with van der Waals surface area (Å²) in [5, 5.41) is 4.18. The molecule has 0 bridgehead atoms. The highest BCUT2D eigenvalue weighted by atomic mass is 16.5. The van der Waals surface area contributed by atoms with Crippen LogP contribution in [-0.4, -0.2) is 57.0 Å². The Kier molecular flexibility index (Phi) is 4.27. The van der Waals surface area contributed by atoms with Crippen LogP contribution in [0.3, 0.4) is 0 Å². The Labute approximate surface area is 146 Å². The number of carbonyl (C=O) groups is 1. The highest BCUT2D eigenvalue weighted by Gasteiger charge is 2.50. The predicted molar refractivity (Wildman–Crippen MR) is 89.8 cm³/mol. The van der Waals surface area contributed by atoms with Gasteiger partial charge >= 0.3 is 0 Å². The number of ether oxygens (including phenoxy) is 2. The van der Waals surface area contributed by atoms with E-state index in [1.54, 1.807) is 28.0 Å². The third-order valence-corrected chi connectivity index (χ3v) is 4.82. The van der Waals surface area contributed by atoms with E-state index >= 15 is 0 Å². The molecule has 1 spiro atoms. The van der Waals surface area contributed by atoms with Gasteiger partial charge in [0.1, 0.15) is 11.3 Å². The van der Waals surface area contributed by atoms with Gasteiger partial charge in [0.05, 0.1) is 31.5 Å². The normalized spacial score (nSPS) is 22.0. The van der Waals surface area contributed by atoms with Crippen molar-refractivity contribution in [1.82, 2.24) is 19.7 Å². The average Bonchev–Trinajstić information content (AvgIpc) is 3.05. The Morgan fingerprint density at radius 2 is 2.28 bits per heavy atom. The molecule has 2 aromatic rings. The molecule has 0 unspecified atom stereocenters. The average molecular weight is 342 g/mol. The van der Waals surface area contributed by atoms with Gasteiger partial charge in [0, 0.05) is 32.5 Å². The van der Waals surface area contributed by atoms with Gasteiger partial charge in [-0.05, 0) is 24.6 Å². The molecule has 2 aliphatic heterocycles. The third kappa shape index (κ3) is 3.43. The Morgan fingerprint density at radius 1 is 1.40 bits per heavy atom. The third-order valence-electron chi connectivity index (χ3n) is 4.82. The minimum atomic E-state index is -0.266. The lowest BCUT2D eigenvalue weighted by Gasteiger charge is -2.52. The van der Waals surface area contributed by atoms with E-state index in [4.69, 9.17) is 9.47 Å². The molecule has 2 aromatic heterocycles. The van der Waals surface area contributed by atoms with Crippen LogP contribution in [0.15, 0.2) is 36.7 Å². The Balaban J connectivity index is 1.31. The first kappa shape index (κ1) is 16.2. The van der Waals surface area contributed by atoms with Gasteiger partial charge in [-0.25, -0.2) is 0 Å². The standard InChI is InChI=1S/C18H22N4O3/c1-21-8-5-16(20-21)17(23)22-12-18(13-22)10-15(6-9-25-18)24-11-14-4-2-3-7-19-14/h2-5,7-8,15H,6,9-13H2,1H3/t15-/m0/s1. The highest BCUT2D eigenvalue weighted by molar-refractivity contribution is 5.93. The summed E-state index contributed by atoms with van der Waals surface area (Å²) in [4.78, 5) is 18.5. The summed E-state index contributed by atoms with van der Waals surface area (Å²) in [6.07, 6.45) is 5.38. The molecule has 0 saturated carbocycles. The summed E-state index contributed by atoms with van der Waals surface area (Å²) in [6, 6.07) is 7.57. The summed E-state index contributed by atoms with van der Waals surface area (Å²) in [6.45, 7) is 2.38. The molecule has 2 fully saturated rings. The molecule has 0 aliphatic carbocycles. The van der Waals surface area contributed by atoms with Gasteiger partial charge in [0.15, 0.2) is 0 Å². The minimum Gasteiger partial charge on any atom is -0.372 e. The van der Waals surface area contributed by atoms with Gasteiger partial charge in [-0.2, -0.15) is 5.10 Å². The van der Waals surface area contributed by atoms with Crippen LogP contribution in [0.5, 0.6) is 0 Å². The molecule has 1 atom stereocenters. The lowest BCUT2D eigenvalue weighted by atomic mass is 9.84. The van der Waals surface area contributed by atoms with E-state index in [0.29, 0.717) is 32.0 Å². The number of nitrogens with zero attached hydrogens (tertiary/aromatic N) is 4. The number of amides is 1. The van der Waals surface area contributed by atoms with Crippen LogP contribution in [0.1, 0.15) is 29.0 Å². The second-order valence-electron chi connectivity index (χ2n) is 6.81. The van der Waals surface area contributed by atoms with E-state index in [-0.39, 0.29) is 17.6 Å². The Hall–Kier alpha value is -2.25. The van der Waals surface area contributed by atoms with E-state index in [1.807, 2.05) is 25.2 Å². The highest BCUT2D eigenvalue weighted by Crippen LogP contribution is 2.36. The van der Waals surface area contributed by atoms with Crippen LogP contribution in [-0.2, 0) is 23.1 Å². The van der Waals surface area contributed by atoms with Crippen molar-refractivity contribution in [3.05, 3.63) is 48.0 Å². The largest absolute Gasteiger partial charge is 0.372 e. The van der Waals surface area contributed by atoms with Crippen molar-refractivity contribution in [1.29, 1.82) is 0 Å². The molecule has 2 aliphatic rings. The van der Waals surface area contributed by atoms with Gasteiger partial charge < -0.3 is 14.4 Å². The number of likely N-dealkylation sites (tertiary alicyclic amines) is 1. The maximum atomic E-state index is 12.4. The quantitative estimate of drug-likeness (QED) is 0.840. The summed E-state index contributed by atoms with van der Waals surface area (Å²) in [5.74, 6) is -0.0358. The lowest BCUT2D eigenvalue weighted by Crippen LogP contribution is -2.67. The molecule has 0 radical (unpaired) electrons. The number of rotatable bonds is 4. The van der Waals surface area contributed by atoms with E-state index < -0.39 is 0 Å². The molecule has 7 nitrogen and oxygen atoms in total. The van der Waals surface area contributed by atoms with Crippen molar-refractivity contribution in [2.24, 2.45) is 7.05 Å². The Bertz CT molecular complexity index is 740. The van der Waals surface area contributed by atoms with E-state index in [9.17, 15) is 4.79 Å². The van der Waals surface area contributed by atoms with Crippen molar-refractivity contribution < 1.29 is 14.3 Å². The predicted octanol–water partition coefficient (Wildman–Crippen LogP) is 1.41. The monoisotopic (exact) mass is 342 g/mol. The molecule has 0 aromatic carbocycles. The smallest absolute Gasteiger partial charge is 0.274 e. The SMILES string of the molecule is Cn1ccc(C(=O)N2CC3(C[C@@H](OCc4ccccn4)CCO3)C2)n1. The zero-order valence-corrected chi connectivity index (χ0v) is 14.3. The van der Waals surface area contributed by atoms with Crippen LogP contribution < -0.4 is 0 Å². The fraction of sp³-hybridized carbons (Fsp3) is 0.500. The van der Waals surface area contributed by atoms with Gasteiger partial charge in [-0.3, -0.25) is 14.5 Å². The number of aromatic nitrogens is 3. The van der Waals surface area contributed by atoms with Gasteiger partial charge in [-0.1, -0.05) is 6.07 Å². The van der Waals surface area contributed by atoms with E-state index in [1.165, 1.54) is 0 Å². The maximum Gasteiger partial charge on any atom is 0.274 e. The number of hydrogen-bond acceptors (Lipinski definition) is 5. The van der Waals surface area contributed by atoms with Crippen molar-refractivity contribution in [3.8, 4) is 0 Å². The molecule has 132 valence electrons. The first-order valence-electron chi connectivity index (χ1n) is 8.58. The number of aryl methyl sites for hydroxylation is 1. The van der Waals surface area contributed by atoms with Gasteiger partial charge in [0.2, 0.25) is 0 Å². The van der Waals surface area contributed by atoms with Crippen LogP contribution >= 0.6 is 0 Å². The number of hydrogen-bond donors (Lipinski definition) is 0. The van der Waals surface area contributed by atoms with Crippen LogP contribution in [0.4, 0.5) is 0 Å². The molecule has 1 amide bonds. The molecule has 0 N–H and O–H groups in total. The van der Waals surface area contributed by atoms with Crippen LogP contribution in [0, 0.1) is 0 Å². The molecular formula is C18H22N4O3. The van der Waals surface area contributed by atoms with Crippen LogP contribution in [0.25, 0.3) is 0 Å². The topological polar surface area (TPSA) is 69.5 Å². The molecule has 7 heteroatoms. The fourth-order valence-corrected chi connectivity index (χ4v) is 3.52. The zero-order valence-electron chi connectivity index (χ0n) is 14.3. The number of carbonyl (C=O) groups excluding carboxylic acids is 1. The van der Waals surface area contributed by atoms with Gasteiger partial charge in [0.25, 0.3) is 5.91 Å². The van der Waals surface area contributed by atoms with Crippen LogP contribution in [0.2, 0.25) is 0 Å². The molecular weight excluding hydrogens is 320 g/mol. The maximum absolute atomic E-state index is 12.4. The lowest BCUT2D eigenvalue weighted by molar-refractivity contribution is -0.188. The second kappa shape index (κ2) is 6.57. The molecule has 4 heterocycles. The van der Waals surface area contributed by atoms with E-state index in [2.05, 4.69) is 10.1 Å². The van der Waals surface area contributed by atoms with Gasteiger partial charge in [-0.15, -0.1) is 0 Å². The summed E-state index contributed by atoms with van der Waals surface area (Å²) < 4.78 is 13.7. The molecule has 25 heavy (non-hydrogen) atoms. The van der Waals surface area contributed by atoms with E-state index in [0.717, 1.165) is 18.5 Å². The summed E-state index contributed by atoms with van der Waals surface area (Å²) in [7, 11) is 1.81. The summed E-state index contributed by atoms with van der Waals surface area (Å²) >= 11 is 0. The molecule has 2 saturated heterocycles. The zero-order chi connectivity index (χ0) is 17.3. The first-order valence-corrected chi connectivity index (χ1v) is 8.58. The van der Waals surface area contributed by atoms with Crippen molar-refractivity contribution >= 4 is 5.91 Å². The summed E-state index contributed by atoms with van der Waals surface area (Å²) in [5.41, 5.74) is 1.15. The minimum absolute atomic E-state index is 0.0358. The fourth-order valence-electron chi connectivity index (χ4n) is 3.52. The van der Waals surface area contributed by atoms with Crippen molar-refractivity contribution in [2.75, 3.05) is 19.7 Å².